The number of benzene rings is 1. The van der Waals surface area contributed by atoms with E-state index in [0.29, 0.717) is 23.5 Å². The number of hydrogen-bond acceptors (Lipinski definition) is 7. The summed E-state index contributed by atoms with van der Waals surface area (Å²) in [4.78, 5) is 11.9. The number of nitrogens with one attached hydrogen (secondary N) is 1. The molecule has 0 unspecified atom stereocenters. The van der Waals surface area contributed by atoms with Crippen LogP contribution in [0.25, 0.3) is 0 Å². The number of nitrogens with two attached hydrogens (primary N) is 1. The predicted molar refractivity (Wildman–Crippen MR) is 85.9 cm³/mol. The van der Waals surface area contributed by atoms with E-state index in [2.05, 4.69) is 15.5 Å². The van der Waals surface area contributed by atoms with Crippen LogP contribution in [0.1, 0.15) is 12.8 Å². The summed E-state index contributed by atoms with van der Waals surface area (Å²) in [5.74, 6) is 1.35. The first-order valence-corrected chi connectivity index (χ1v) is 8.18. The molecule has 21 heavy (non-hydrogen) atoms. The highest BCUT2D eigenvalue weighted by atomic mass is 32.2. The highest BCUT2D eigenvalue weighted by Gasteiger charge is 2.08. The summed E-state index contributed by atoms with van der Waals surface area (Å²) in [6, 6.07) is 5.15. The summed E-state index contributed by atoms with van der Waals surface area (Å²) in [6.45, 7) is 0. The molecular formula is C13H16N4O2S2. The van der Waals surface area contributed by atoms with Crippen LogP contribution in [0.15, 0.2) is 28.0 Å². The molecule has 3 N–H and O–H groups in total. The Morgan fingerprint density at radius 2 is 2.38 bits per heavy atom. The summed E-state index contributed by atoms with van der Waals surface area (Å²) < 4.78 is 6.12. The molecule has 1 heterocycles. The third-order valence-electron chi connectivity index (χ3n) is 2.61. The molecule has 0 saturated heterocycles. The summed E-state index contributed by atoms with van der Waals surface area (Å²) in [7, 11) is 1.54. The van der Waals surface area contributed by atoms with E-state index < -0.39 is 0 Å². The molecule has 8 heteroatoms. The van der Waals surface area contributed by atoms with Crippen molar-refractivity contribution in [3.63, 3.8) is 0 Å². The molecule has 0 aliphatic rings. The maximum atomic E-state index is 11.9. The van der Waals surface area contributed by atoms with Gasteiger partial charge in [0.05, 0.1) is 12.8 Å². The number of hydrogen-bond donors (Lipinski definition) is 2. The highest BCUT2D eigenvalue weighted by molar-refractivity contribution is 8.00. The average molecular weight is 324 g/mol. The van der Waals surface area contributed by atoms with Crippen LogP contribution in [-0.2, 0) is 4.79 Å². The monoisotopic (exact) mass is 324 g/mol. The molecule has 0 aliphatic carbocycles. The second-order valence-corrected chi connectivity index (χ2v) is 6.34. The van der Waals surface area contributed by atoms with Crippen molar-refractivity contribution >= 4 is 40.4 Å². The quantitative estimate of drug-likeness (QED) is 0.462. The predicted octanol–water partition coefficient (Wildman–Crippen LogP) is 2.64. The number of carbonyl (C=O) groups is 1. The highest BCUT2D eigenvalue weighted by Crippen LogP contribution is 2.27. The molecule has 0 bridgehead atoms. The van der Waals surface area contributed by atoms with Crippen LogP contribution in [0.3, 0.4) is 0 Å². The van der Waals surface area contributed by atoms with Gasteiger partial charge in [0.2, 0.25) is 5.91 Å². The number of aromatic nitrogens is 2. The van der Waals surface area contributed by atoms with Gasteiger partial charge in [0, 0.05) is 23.9 Å². The molecule has 2 aromatic rings. The standard InChI is InChI=1S/C13H16N4O2S2/c1-19-11-7-9(14)4-5-10(11)16-12(18)3-2-6-20-13-17-15-8-21-13/h4-5,7-8H,2-3,6,14H2,1H3,(H,16,18). The van der Waals surface area contributed by atoms with Gasteiger partial charge in [0.25, 0.3) is 0 Å². The normalized spacial score (nSPS) is 10.3. The van der Waals surface area contributed by atoms with Gasteiger partial charge in [-0.1, -0.05) is 23.1 Å². The molecule has 1 aromatic carbocycles. The Balaban J connectivity index is 1.76. The van der Waals surface area contributed by atoms with Gasteiger partial charge in [0.15, 0.2) is 4.34 Å². The smallest absolute Gasteiger partial charge is 0.224 e. The molecule has 112 valence electrons. The van der Waals surface area contributed by atoms with E-state index in [9.17, 15) is 4.79 Å². The first-order chi connectivity index (χ1) is 10.2. The molecule has 0 atom stereocenters. The van der Waals surface area contributed by atoms with E-state index in [4.69, 9.17) is 10.5 Å². The van der Waals surface area contributed by atoms with Gasteiger partial charge in [-0.2, -0.15) is 0 Å². The third-order valence-corrected chi connectivity index (χ3v) is 4.56. The van der Waals surface area contributed by atoms with Gasteiger partial charge < -0.3 is 15.8 Å². The first-order valence-electron chi connectivity index (χ1n) is 6.31. The minimum absolute atomic E-state index is 0.0454. The van der Waals surface area contributed by atoms with Crippen molar-refractivity contribution in [3.8, 4) is 5.75 Å². The van der Waals surface area contributed by atoms with Crippen LogP contribution in [0.4, 0.5) is 11.4 Å². The van der Waals surface area contributed by atoms with Crippen LogP contribution in [0.2, 0.25) is 0 Å². The topological polar surface area (TPSA) is 90.1 Å². The average Bonchev–Trinajstić information content (AvgIpc) is 2.99. The van der Waals surface area contributed by atoms with Gasteiger partial charge in [-0.15, -0.1) is 10.2 Å². The molecule has 6 nitrogen and oxygen atoms in total. The fourth-order valence-electron chi connectivity index (χ4n) is 1.64. The Hall–Kier alpha value is -1.80. The maximum absolute atomic E-state index is 11.9. The van der Waals surface area contributed by atoms with Gasteiger partial charge in [-0.3, -0.25) is 4.79 Å². The lowest BCUT2D eigenvalue weighted by atomic mass is 10.2. The van der Waals surface area contributed by atoms with E-state index in [1.807, 2.05) is 0 Å². The van der Waals surface area contributed by atoms with E-state index >= 15 is 0 Å². The number of anilines is 2. The van der Waals surface area contributed by atoms with E-state index in [0.717, 1.165) is 16.5 Å². The lowest BCUT2D eigenvalue weighted by Gasteiger charge is -2.10. The van der Waals surface area contributed by atoms with Crippen LogP contribution >= 0.6 is 23.1 Å². The Morgan fingerprint density at radius 1 is 1.52 bits per heavy atom. The number of amides is 1. The van der Waals surface area contributed by atoms with Crippen LogP contribution < -0.4 is 15.8 Å². The second-order valence-electron chi connectivity index (χ2n) is 4.16. The minimum atomic E-state index is -0.0454. The SMILES string of the molecule is COc1cc(N)ccc1NC(=O)CCCSc1nncs1. The van der Waals surface area contributed by atoms with Crippen LogP contribution in [0.5, 0.6) is 5.75 Å². The fourth-order valence-corrected chi connectivity index (χ4v) is 3.14. The number of carbonyl (C=O) groups excluding carboxylic acids is 1. The Kier molecular flexibility index (Phi) is 5.82. The van der Waals surface area contributed by atoms with Crippen molar-refractivity contribution in [2.24, 2.45) is 0 Å². The fraction of sp³-hybridized carbons (Fsp3) is 0.308. The largest absolute Gasteiger partial charge is 0.494 e. The third kappa shape index (κ3) is 4.91. The summed E-state index contributed by atoms with van der Waals surface area (Å²) in [5, 5.41) is 10.5. The number of ether oxygens (including phenoxy) is 1. The van der Waals surface area contributed by atoms with Gasteiger partial charge in [-0.25, -0.2) is 0 Å². The number of rotatable bonds is 7. The van der Waals surface area contributed by atoms with Gasteiger partial charge >= 0.3 is 0 Å². The maximum Gasteiger partial charge on any atom is 0.224 e. The minimum Gasteiger partial charge on any atom is -0.494 e. The first kappa shape index (κ1) is 15.6. The zero-order valence-electron chi connectivity index (χ0n) is 11.5. The number of nitrogens with zero attached hydrogens (tertiary/aromatic N) is 2. The molecule has 2 rings (SSSR count). The van der Waals surface area contributed by atoms with Gasteiger partial charge in [0.1, 0.15) is 11.3 Å². The summed E-state index contributed by atoms with van der Waals surface area (Å²) in [6.07, 6.45) is 1.21. The zero-order chi connectivity index (χ0) is 15.1. The molecule has 0 radical (unpaired) electrons. The van der Waals surface area contributed by atoms with Crippen molar-refractivity contribution in [1.82, 2.24) is 10.2 Å². The Morgan fingerprint density at radius 3 is 3.10 bits per heavy atom. The zero-order valence-corrected chi connectivity index (χ0v) is 13.2. The second kappa shape index (κ2) is 7.84. The lowest BCUT2D eigenvalue weighted by Crippen LogP contribution is -2.12. The molecule has 0 fully saturated rings. The number of nitrogen functional groups attached to an aromatic ring is 1. The van der Waals surface area contributed by atoms with Crippen molar-refractivity contribution in [2.45, 2.75) is 17.2 Å². The molecular weight excluding hydrogens is 308 g/mol. The Labute approximate surface area is 131 Å². The molecule has 1 amide bonds. The van der Waals surface area contributed by atoms with Crippen LogP contribution in [-0.4, -0.2) is 29.0 Å². The number of methoxy groups -OCH3 is 1. The van der Waals surface area contributed by atoms with Crippen molar-refractivity contribution < 1.29 is 9.53 Å². The van der Waals surface area contributed by atoms with E-state index in [1.165, 1.54) is 11.3 Å². The lowest BCUT2D eigenvalue weighted by molar-refractivity contribution is -0.116. The molecule has 0 saturated carbocycles. The summed E-state index contributed by atoms with van der Waals surface area (Å²) >= 11 is 3.11. The molecule has 0 spiro atoms. The van der Waals surface area contributed by atoms with Crippen molar-refractivity contribution in [1.29, 1.82) is 0 Å². The van der Waals surface area contributed by atoms with Crippen LogP contribution in [0, 0.1) is 0 Å². The number of thioether (sulfide) groups is 1. The Bertz CT molecular complexity index is 590. The van der Waals surface area contributed by atoms with E-state index in [1.54, 1.807) is 42.6 Å². The van der Waals surface area contributed by atoms with Gasteiger partial charge in [-0.05, 0) is 18.6 Å². The van der Waals surface area contributed by atoms with Crippen molar-refractivity contribution in [3.05, 3.63) is 23.7 Å². The molecule has 1 aromatic heterocycles. The van der Waals surface area contributed by atoms with Crippen molar-refractivity contribution in [2.75, 3.05) is 23.9 Å². The summed E-state index contributed by atoms with van der Waals surface area (Å²) in [5.41, 5.74) is 8.60. The van der Waals surface area contributed by atoms with E-state index in [-0.39, 0.29) is 5.91 Å². The molecule has 0 aliphatic heterocycles.